The van der Waals surface area contributed by atoms with Gasteiger partial charge in [0, 0.05) is 12.6 Å². The van der Waals surface area contributed by atoms with Crippen LogP contribution in [0, 0.1) is 5.82 Å². The maximum Gasteiger partial charge on any atom is 0.241 e. The smallest absolute Gasteiger partial charge is 0.241 e. The number of halogens is 1. The molecule has 0 fully saturated rings. The first kappa shape index (κ1) is 15.5. The predicted molar refractivity (Wildman–Crippen MR) is 77.3 cm³/mol. The number of aryl methyl sites for hydroxylation is 1. The van der Waals surface area contributed by atoms with Gasteiger partial charge in [0.15, 0.2) is 0 Å². The lowest BCUT2D eigenvalue weighted by Crippen LogP contribution is -2.25. The molecular formula is C11H12FN5O2S2. The van der Waals surface area contributed by atoms with E-state index in [0.29, 0.717) is 5.82 Å². The van der Waals surface area contributed by atoms with Crippen molar-refractivity contribution in [2.75, 3.05) is 0 Å². The molecule has 1 heterocycles. The summed E-state index contributed by atoms with van der Waals surface area (Å²) in [6.45, 7) is -0.0430. The minimum Gasteiger partial charge on any atom is -0.389 e. The zero-order chi connectivity index (χ0) is 15.6. The quantitative estimate of drug-likeness (QED) is 0.752. The van der Waals surface area contributed by atoms with Gasteiger partial charge in [0.1, 0.15) is 23.0 Å². The van der Waals surface area contributed by atoms with Gasteiger partial charge in [0.2, 0.25) is 10.0 Å². The van der Waals surface area contributed by atoms with E-state index in [2.05, 4.69) is 27.1 Å². The third kappa shape index (κ3) is 3.40. The van der Waals surface area contributed by atoms with Gasteiger partial charge < -0.3 is 10.3 Å². The topological polar surface area (TPSA) is 103 Å². The van der Waals surface area contributed by atoms with E-state index in [9.17, 15) is 12.8 Å². The van der Waals surface area contributed by atoms with E-state index >= 15 is 0 Å². The van der Waals surface area contributed by atoms with Crippen molar-refractivity contribution < 1.29 is 12.8 Å². The normalized spacial score (nSPS) is 11.5. The zero-order valence-corrected chi connectivity index (χ0v) is 12.6. The highest BCUT2D eigenvalue weighted by Crippen LogP contribution is 2.15. The number of rotatable bonds is 5. The van der Waals surface area contributed by atoms with Gasteiger partial charge in [-0.3, -0.25) is 0 Å². The molecule has 0 saturated carbocycles. The lowest BCUT2D eigenvalue weighted by Gasteiger charge is -2.08. The molecule has 0 atom stereocenters. The molecule has 0 aliphatic carbocycles. The summed E-state index contributed by atoms with van der Waals surface area (Å²) in [5.74, 6) is -0.231. The van der Waals surface area contributed by atoms with E-state index in [1.165, 1.54) is 6.33 Å². The molecule has 0 amide bonds. The van der Waals surface area contributed by atoms with Gasteiger partial charge >= 0.3 is 0 Å². The number of sulfonamides is 1. The summed E-state index contributed by atoms with van der Waals surface area (Å²) in [5.41, 5.74) is 5.23. The van der Waals surface area contributed by atoms with Gasteiger partial charge in [0.05, 0.1) is 11.4 Å². The fourth-order valence-electron chi connectivity index (χ4n) is 1.57. The van der Waals surface area contributed by atoms with Crippen LogP contribution >= 0.6 is 12.2 Å². The molecular weight excluding hydrogens is 317 g/mol. The van der Waals surface area contributed by atoms with Gasteiger partial charge in [-0.05, 0) is 18.2 Å². The van der Waals surface area contributed by atoms with E-state index in [1.807, 2.05) is 0 Å². The summed E-state index contributed by atoms with van der Waals surface area (Å²) in [6, 6.07) is 3.23. The van der Waals surface area contributed by atoms with Crippen molar-refractivity contribution in [3.8, 4) is 0 Å². The number of hydrogen-bond donors (Lipinski definition) is 2. The maximum absolute atomic E-state index is 13.5. The van der Waals surface area contributed by atoms with Crippen molar-refractivity contribution in [3.05, 3.63) is 41.7 Å². The standard InChI is InChI=1S/C11H12FN5O2S2/c1-17-6-14-16-10(17)5-15-21(18,19)7-2-3-9(12)8(4-7)11(13)20/h2-4,6,15H,5H2,1H3,(H2,13,20). The first-order valence-electron chi connectivity index (χ1n) is 5.73. The average molecular weight is 329 g/mol. The van der Waals surface area contributed by atoms with Crippen LogP contribution in [0.3, 0.4) is 0 Å². The van der Waals surface area contributed by atoms with Crippen LogP contribution in [0.5, 0.6) is 0 Å². The number of thiocarbonyl (C=S) groups is 1. The molecule has 1 aromatic carbocycles. The van der Waals surface area contributed by atoms with Crippen LogP contribution in [0.2, 0.25) is 0 Å². The van der Waals surface area contributed by atoms with Crippen LogP contribution in [0.25, 0.3) is 0 Å². The Morgan fingerprint density at radius 1 is 1.52 bits per heavy atom. The van der Waals surface area contributed by atoms with E-state index in [1.54, 1.807) is 11.6 Å². The van der Waals surface area contributed by atoms with Gasteiger partial charge in [-0.25, -0.2) is 17.5 Å². The molecule has 0 unspecified atom stereocenters. The van der Waals surface area contributed by atoms with Crippen molar-refractivity contribution in [3.63, 3.8) is 0 Å². The summed E-state index contributed by atoms with van der Waals surface area (Å²) in [6.07, 6.45) is 1.45. The Bertz CT molecular complexity index is 788. The molecule has 0 radical (unpaired) electrons. The molecule has 10 heteroatoms. The van der Waals surface area contributed by atoms with Crippen LogP contribution in [-0.2, 0) is 23.6 Å². The van der Waals surface area contributed by atoms with E-state index in [0.717, 1.165) is 18.2 Å². The second-order valence-corrected chi connectivity index (χ2v) is 6.40. The van der Waals surface area contributed by atoms with E-state index in [-0.39, 0.29) is 22.0 Å². The largest absolute Gasteiger partial charge is 0.389 e. The zero-order valence-electron chi connectivity index (χ0n) is 10.9. The second-order valence-electron chi connectivity index (χ2n) is 4.19. The lowest BCUT2D eigenvalue weighted by molar-refractivity contribution is 0.576. The third-order valence-electron chi connectivity index (χ3n) is 2.74. The molecule has 7 nitrogen and oxygen atoms in total. The fourth-order valence-corrected chi connectivity index (χ4v) is 2.73. The highest BCUT2D eigenvalue weighted by Gasteiger charge is 2.18. The van der Waals surface area contributed by atoms with Crippen LogP contribution in [-0.4, -0.2) is 28.2 Å². The minimum atomic E-state index is -3.84. The summed E-state index contributed by atoms with van der Waals surface area (Å²) >= 11 is 4.68. The monoisotopic (exact) mass is 329 g/mol. The van der Waals surface area contributed by atoms with Crippen LogP contribution < -0.4 is 10.5 Å². The summed E-state index contributed by atoms with van der Waals surface area (Å²) in [4.78, 5) is -0.341. The number of nitrogens with zero attached hydrogens (tertiary/aromatic N) is 3. The summed E-state index contributed by atoms with van der Waals surface area (Å²) in [5, 5.41) is 7.40. The number of nitrogens with two attached hydrogens (primary N) is 1. The first-order chi connectivity index (χ1) is 9.81. The van der Waals surface area contributed by atoms with Crippen LogP contribution in [0.15, 0.2) is 29.4 Å². The highest BCUT2D eigenvalue weighted by molar-refractivity contribution is 7.89. The molecule has 112 valence electrons. The molecule has 0 saturated heterocycles. The molecule has 3 N–H and O–H groups in total. The molecule has 2 aromatic rings. The van der Waals surface area contributed by atoms with Gasteiger partial charge in [-0.15, -0.1) is 10.2 Å². The minimum absolute atomic E-state index is 0.0430. The first-order valence-corrected chi connectivity index (χ1v) is 7.62. The SMILES string of the molecule is Cn1cnnc1CNS(=O)(=O)c1ccc(F)c(C(N)=S)c1. The Kier molecular flexibility index (Phi) is 4.30. The van der Waals surface area contributed by atoms with E-state index in [4.69, 9.17) is 5.73 Å². The molecule has 0 spiro atoms. The number of nitrogens with one attached hydrogen (secondary N) is 1. The predicted octanol–water partition coefficient (Wildman–Crippen LogP) is 0.0669. The molecule has 1 aromatic heterocycles. The van der Waals surface area contributed by atoms with Crippen molar-refractivity contribution in [1.82, 2.24) is 19.5 Å². The molecule has 0 aliphatic rings. The lowest BCUT2D eigenvalue weighted by atomic mass is 10.2. The molecule has 0 aliphatic heterocycles. The van der Waals surface area contributed by atoms with Crippen LogP contribution in [0.1, 0.15) is 11.4 Å². The Hall–Kier alpha value is -1.91. The third-order valence-corrected chi connectivity index (χ3v) is 4.36. The Morgan fingerprint density at radius 2 is 2.24 bits per heavy atom. The highest BCUT2D eigenvalue weighted by atomic mass is 32.2. The molecule has 0 bridgehead atoms. The van der Waals surface area contributed by atoms with Gasteiger partial charge in [-0.2, -0.15) is 0 Å². The number of hydrogen-bond acceptors (Lipinski definition) is 5. The van der Waals surface area contributed by atoms with Crippen molar-refractivity contribution in [1.29, 1.82) is 0 Å². The second kappa shape index (κ2) is 5.84. The number of benzene rings is 1. The fraction of sp³-hybridized carbons (Fsp3) is 0.182. The summed E-state index contributed by atoms with van der Waals surface area (Å²) in [7, 11) is -2.15. The van der Waals surface area contributed by atoms with Crippen LogP contribution in [0.4, 0.5) is 4.39 Å². The molecule has 21 heavy (non-hydrogen) atoms. The van der Waals surface area contributed by atoms with Crippen molar-refractivity contribution in [2.24, 2.45) is 12.8 Å². The van der Waals surface area contributed by atoms with Crippen molar-refractivity contribution >= 4 is 27.2 Å². The summed E-state index contributed by atoms with van der Waals surface area (Å²) < 4.78 is 41.7. The number of aromatic nitrogens is 3. The molecule has 2 rings (SSSR count). The van der Waals surface area contributed by atoms with Crippen molar-refractivity contribution in [2.45, 2.75) is 11.4 Å². The maximum atomic E-state index is 13.5. The van der Waals surface area contributed by atoms with Gasteiger partial charge in [-0.1, -0.05) is 12.2 Å². The Labute approximate surface area is 126 Å². The van der Waals surface area contributed by atoms with E-state index < -0.39 is 15.8 Å². The average Bonchev–Trinajstić information content (AvgIpc) is 2.82. The van der Waals surface area contributed by atoms with Gasteiger partial charge in [0.25, 0.3) is 0 Å². The Balaban J connectivity index is 2.26. The Morgan fingerprint density at radius 3 is 2.81 bits per heavy atom.